The van der Waals surface area contributed by atoms with Crippen LogP contribution < -0.4 is 4.80 Å². The molecule has 134 valence electrons. The molecular formula is C18H15FN2O3S2. The summed E-state index contributed by atoms with van der Waals surface area (Å²) in [6.07, 6.45) is 1.92. The van der Waals surface area contributed by atoms with Crippen molar-refractivity contribution in [1.29, 1.82) is 0 Å². The van der Waals surface area contributed by atoms with Gasteiger partial charge in [0.25, 0.3) is 5.91 Å². The first kappa shape index (κ1) is 18.3. The number of benzene rings is 2. The molecule has 0 saturated heterocycles. The van der Waals surface area contributed by atoms with Crippen molar-refractivity contribution in [3.63, 3.8) is 0 Å². The number of ether oxygens (including phenoxy) is 1. The van der Waals surface area contributed by atoms with Crippen molar-refractivity contribution in [2.24, 2.45) is 4.99 Å². The fourth-order valence-electron chi connectivity index (χ4n) is 2.39. The Morgan fingerprint density at radius 2 is 2.08 bits per heavy atom. The summed E-state index contributed by atoms with van der Waals surface area (Å²) in [5, 5.41) is 0. The topological polar surface area (TPSA) is 60.7 Å². The van der Waals surface area contributed by atoms with Crippen molar-refractivity contribution in [2.75, 3.05) is 13.4 Å². The number of halogens is 1. The van der Waals surface area contributed by atoms with Gasteiger partial charge in [0.15, 0.2) is 4.80 Å². The Kier molecular flexibility index (Phi) is 5.53. The second-order valence-corrected chi connectivity index (χ2v) is 7.20. The standard InChI is InChI=1S/C18H15FN2O3S2/c1-24-16(22)10-21-14-7-6-12(19)9-15(14)26-18(21)20-17(23)11-4-3-5-13(8-11)25-2/h3-9H,10H2,1-2H3. The SMILES string of the molecule is COC(=O)Cn1c(=NC(=O)c2cccc(SC)c2)sc2cc(F)ccc21. The monoisotopic (exact) mass is 390 g/mol. The fraction of sp³-hybridized carbons (Fsp3) is 0.167. The largest absolute Gasteiger partial charge is 0.468 e. The highest BCUT2D eigenvalue weighted by Crippen LogP contribution is 2.20. The molecule has 0 aliphatic rings. The molecule has 0 unspecified atom stereocenters. The van der Waals surface area contributed by atoms with Gasteiger partial charge in [0, 0.05) is 10.5 Å². The number of hydrogen-bond acceptors (Lipinski definition) is 5. The Hall–Kier alpha value is -2.45. The van der Waals surface area contributed by atoms with Crippen LogP contribution in [-0.4, -0.2) is 29.8 Å². The molecule has 0 atom stereocenters. The quantitative estimate of drug-likeness (QED) is 0.506. The minimum absolute atomic E-state index is 0.112. The van der Waals surface area contributed by atoms with Gasteiger partial charge in [-0.05, 0) is 42.7 Å². The van der Waals surface area contributed by atoms with Crippen molar-refractivity contribution in [2.45, 2.75) is 11.4 Å². The summed E-state index contributed by atoms with van der Waals surface area (Å²) < 4.78 is 20.4. The van der Waals surface area contributed by atoms with E-state index >= 15 is 0 Å². The third kappa shape index (κ3) is 3.86. The first-order valence-electron chi connectivity index (χ1n) is 7.60. The summed E-state index contributed by atoms with van der Waals surface area (Å²) in [6, 6.07) is 11.3. The van der Waals surface area contributed by atoms with E-state index in [0.29, 0.717) is 20.6 Å². The highest BCUT2D eigenvalue weighted by atomic mass is 32.2. The molecule has 1 heterocycles. The predicted molar refractivity (Wildman–Crippen MR) is 99.9 cm³/mol. The van der Waals surface area contributed by atoms with E-state index in [0.717, 1.165) is 16.2 Å². The third-order valence-electron chi connectivity index (χ3n) is 3.67. The van der Waals surface area contributed by atoms with Crippen LogP contribution in [0.25, 0.3) is 10.2 Å². The molecule has 1 aromatic heterocycles. The number of carbonyl (C=O) groups is 2. The summed E-state index contributed by atoms with van der Waals surface area (Å²) in [5.41, 5.74) is 1.07. The Morgan fingerprint density at radius 3 is 2.81 bits per heavy atom. The number of esters is 1. The Balaban J connectivity index is 2.12. The van der Waals surface area contributed by atoms with Crippen molar-refractivity contribution in [3.05, 3.63) is 58.6 Å². The fourth-order valence-corrected chi connectivity index (χ4v) is 3.90. The van der Waals surface area contributed by atoms with Gasteiger partial charge in [-0.3, -0.25) is 9.59 Å². The number of carbonyl (C=O) groups excluding carboxylic acids is 2. The predicted octanol–water partition coefficient (Wildman–Crippen LogP) is 3.48. The van der Waals surface area contributed by atoms with Gasteiger partial charge in [-0.1, -0.05) is 17.4 Å². The van der Waals surface area contributed by atoms with Gasteiger partial charge < -0.3 is 9.30 Å². The molecule has 0 radical (unpaired) electrons. The van der Waals surface area contributed by atoms with Gasteiger partial charge in [-0.25, -0.2) is 4.39 Å². The molecule has 8 heteroatoms. The van der Waals surface area contributed by atoms with E-state index < -0.39 is 17.7 Å². The molecule has 3 rings (SSSR count). The molecule has 0 fully saturated rings. The number of thiazole rings is 1. The van der Waals surface area contributed by atoms with Gasteiger partial charge in [0.1, 0.15) is 12.4 Å². The smallest absolute Gasteiger partial charge is 0.325 e. The van der Waals surface area contributed by atoms with Crippen LogP contribution >= 0.6 is 23.1 Å². The Bertz CT molecular complexity index is 1060. The first-order chi connectivity index (χ1) is 12.5. The lowest BCUT2D eigenvalue weighted by Gasteiger charge is -2.03. The number of rotatable bonds is 4. The van der Waals surface area contributed by atoms with Crippen LogP contribution in [0.1, 0.15) is 10.4 Å². The zero-order valence-corrected chi connectivity index (χ0v) is 15.7. The number of nitrogens with zero attached hydrogens (tertiary/aromatic N) is 2. The number of methoxy groups -OCH3 is 1. The lowest BCUT2D eigenvalue weighted by atomic mass is 10.2. The summed E-state index contributed by atoms with van der Waals surface area (Å²) in [7, 11) is 1.28. The van der Waals surface area contributed by atoms with Crippen molar-refractivity contribution in [1.82, 2.24) is 4.57 Å². The van der Waals surface area contributed by atoms with Crippen LogP contribution in [0.3, 0.4) is 0 Å². The van der Waals surface area contributed by atoms with Gasteiger partial charge >= 0.3 is 5.97 Å². The number of amides is 1. The maximum atomic E-state index is 13.5. The van der Waals surface area contributed by atoms with Gasteiger partial charge in [0.2, 0.25) is 0 Å². The molecule has 2 aromatic carbocycles. The van der Waals surface area contributed by atoms with E-state index in [1.807, 2.05) is 12.3 Å². The minimum atomic E-state index is -0.479. The summed E-state index contributed by atoms with van der Waals surface area (Å²) in [4.78, 5) is 29.7. The summed E-state index contributed by atoms with van der Waals surface area (Å²) in [5.74, 6) is -1.30. The molecule has 0 N–H and O–H groups in total. The van der Waals surface area contributed by atoms with Gasteiger partial charge in [0.05, 0.1) is 17.3 Å². The maximum absolute atomic E-state index is 13.5. The van der Waals surface area contributed by atoms with Crippen LogP contribution in [-0.2, 0) is 16.1 Å². The van der Waals surface area contributed by atoms with E-state index in [4.69, 9.17) is 4.74 Å². The normalized spacial score (nSPS) is 11.7. The van der Waals surface area contributed by atoms with Crippen LogP contribution in [0.15, 0.2) is 52.4 Å². The molecule has 0 aliphatic heterocycles. The third-order valence-corrected chi connectivity index (χ3v) is 5.44. The highest BCUT2D eigenvalue weighted by molar-refractivity contribution is 7.98. The zero-order chi connectivity index (χ0) is 18.7. The number of fused-ring (bicyclic) bond motifs is 1. The molecule has 0 aliphatic carbocycles. The second kappa shape index (κ2) is 7.84. The highest BCUT2D eigenvalue weighted by Gasteiger charge is 2.13. The van der Waals surface area contributed by atoms with Crippen molar-refractivity contribution >= 4 is 45.2 Å². The lowest BCUT2D eigenvalue weighted by Crippen LogP contribution is -2.22. The van der Waals surface area contributed by atoms with E-state index in [2.05, 4.69) is 4.99 Å². The van der Waals surface area contributed by atoms with Crippen LogP contribution in [0.2, 0.25) is 0 Å². The van der Waals surface area contributed by atoms with Crippen molar-refractivity contribution in [3.8, 4) is 0 Å². The summed E-state index contributed by atoms with van der Waals surface area (Å²) in [6.45, 7) is -0.112. The molecule has 0 saturated carbocycles. The zero-order valence-electron chi connectivity index (χ0n) is 14.1. The van der Waals surface area contributed by atoms with E-state index in [-0.39, 0.29) is 6.54 Å². The Morgan fingerprint density at radius 1 is 1.27 bits per heavy atom. The van der Waals surface area contributed by atoms with E-state index in [1.165, 1.54) is 31.0 Å². The van der Waals surface area contributed by atoms with Crippen LogP contribution in [0.5, 0.6) is 0 Å². The minimum Gasteiger partial charge on any atom is -0.468 e. The van der Waals surface area contributed by atoms with Crippen LogP contribution in [0.4, 0.5) is 4.39 Å². The van der Waals surface area contributed by atoms with Gasteiger partial charge in [-0.2, -0.15) is 4.99 Å². The average molecular weight is 390 g/mol. The number of hydrogen-bond donors (Lipinski definition) is 0. The first-order valence-corrected chi connectivity index (χ1v) is 9.65. The maximum Gasteiger partial charge on any atom is 0.325 e. The molecule has 0 bridgehead atoms. The Labute approximate surface area is 157 Å². The molecule has 5 nitrogen and oxygen atoms in total. The number of aromatic nitrogens is 1. The lowest BCUT2D eigenvalue weighted by molar-refractivity contribution is -0.141. The number of thioether (sulfide) groups is 1. The molecular weight excluding hydrogens is 375 g/mol. The molecule has 26 heavy (non-hydrogen) atoms. The van der Waals surface area contributed by atoms with Crippen LogP contribution in [0, 0.1) is 5.82 Å². The van der Waals surface area contributed by atoms with E-state index in [1.54, 1.807) is 28.8 Å². The van der Waals surface area contributed by atoms with Gasteiger partial charge in [-0.15, -0.1) is 11.8 Å². The molecule has 0 spiro atoms. The second-order valence-electron chi connectivity index (χ2n) is 5.31. The summed E-state index contributed by atoms with van der Waals surface area (Å²) >= 11 is 2.67. The average Bonchev–Trinajstić information content (AvgIpc) is 2.97. The van der Waals surface area contributed by atoms with E-state index in [9.17, 15) is 14.0 Å². The van der Waals surface area contributed by atoms with Crippen molar-refractivity contribution < 1.29 is 18.7 Å². The molecule has 1 amide bonds. The molecule has 3 aromatic rings.